The molecule has 1 N–H and O–H groups in total. The summed E-state index contributed by atoms with van der Waals surface area (Å²) in [5.74, 6) is -0.128. The van der Waals surface area contributed by atoms with Crippen LogP contribution >= 0.6 is 35.0 Å². The van der Waals surface area contributed by atoms with Crippen LogP contribution in [0.25, 0.3) is 0 Å². The van der Waals surface area contributed by atoms with E-state index in [0.717, 1.165) is 5.56 Å². The summed E-state index contributed by atoms with van der Waals surface area (Å²) in [7, 11) is 1.74. The number of aromatic nitrogens is 2. The van der Waals surface area contributed by atoms with Crippen LogP contribution < -0.4 is 10.9 Å². The maximum absolute atomic E-state index is 13.1. The molecule has 154 valence electrons. The van der Waals surface area contributed by atoms with Crippen molar-refractivity contribution in [1.82, 2.24) is 9.55 Å². The lowest BCUT2D eigenvalue weighted by Crippen LogP contribution is -2.33. The average molecular weight is 464 g/mol. The van der Waals surface area contributed by atoms with Gasteiger partial charge in [-0.15, -0.1) is 0 Å². The van der Waals surface area contributed by atoms with Gasteiger partial charge in [-0.3, -0.25) is 9.59 Å². The molecular formula is C21H16Cl2FN3O2S. The van der Waals surface area contributed by atoms with Gasteiger partial charge in [-0.05, 0) is 35.4 Å². The third kappa shape index (κ3) is 4.10. The summed E-state index contributed by atoms with van der Waals surface area (Å²) < 4.78 is 14.8. The second-order valence-electron chi connectivity index (χ2n) is 6.91. The minimum atomic E-state index is -0.513. The van der Waals surface area contributed by atoms with Crippen molar-refractivity contribution in [2.45, 2.75) is 23.2 Å². The Morgan fingerprint density at radius 3 is 2.63 bits per heavy atom. The lowest BCUT2D eigenvalue weighted by molar-refractivity contribution is -0.116. The summed E-state index contributed by atoms with van der Waals surface area (Å²) in [5.41, 5.74) is 1.53. The smallest absolute Gasteiger partial charge is 0.279 e. The van der Waals surface area contributed by atoms with Crippen LogP contribution in [0.4, 0.5) is 10.2 Å². The van der Waals surface area contributed by atoms with Gasteiger partial charge in [0.05, 0.1) is 5.56 Å². The topological polar surface area (TPSA) is 64.0 Å². The molecule has 1 aliphatic heterocycles. The first-order chi connectivity index (χ1) is 14.3. The number of hydrogen-bond acceptors (Lipinski definition) is 4. The number of nitrogens with one attached hydrogen (secondary N) is 1. The van der Waals surface area contributed by atoms with Crippen molar-refractivity contribution in [2.75, 3.05) is 5.32 Å². The van der Waals surface area contributed by atoms with Gasteiger partial charge in [-0.25, -0.2) is 4.39 Å². The van der Waals surface area contributed by atoms with E-state index in [9.17, 15) is 14.0 Å². The number of halogens is 3. The number of rotatable bonds is 4. The first-order valence-electron chi connectivity index (χ1n) is 9.06. The minimum absolute atomic E-state index is 0.0906. The predicted octanol–water partition coefficient (Wildman–Crippen LogP) is 4.99. The first kappa shape index (κ1) is 20.9. The van der Waals surface area contributed by atoms with Crippen LogP contribution in [-0.4, -0.2) is 15.5 Å². The maximum Gasteiger partial charge on any atom is 0.279 e. The number of hydrogen-bond donors (Lipinski definition) is 1. The van der Waals surface area contributed by atoms with E-state index >= 15 is 0 Å². The van der Waals surface area contributed by atoms with Crippen LogP contribution in [0, 0.1) is 5.82 Å². The summed E-state index contributed by atoms with van der Waals surface area (Å²) >= 11 is 13.7. The highest BCUT2D eigenvalue weighted by molar-refractivity contribution is 7.98. The SMILES string of the molecule is Cn1c(SCc2ccc(F)cc2)nc(=O)c2c1NC(=O)CC2c1ccc(Cl)cc1Cl. The molecule has 0 saturated heterocycles. The van der Waals surface area contributed by atoms with Gasteiger partial charge in [0, 0.05) is 35.2 Å². The molecule has 5 nitrogen and oxygen atoms in total. The van der Waals surface area contributed by atoms with Gasteiger partial charge in [-0.2, -0.15) is 4.98 Å². The molecule has 30 heavy (non-hydrogen) atoms. The second-order valence-corrected chi connectivity index (χ2v) is 8.69. The van der Waals surface area contributed by atoms with Crippen molar-refractivity contribution in [3.05, 3.63) is 85.4 Å². The number of carbonyl (C=O) groups is 1. The fourth-order valence-corrected chi connectivity index (χ4v) is 4.90. The van der Waals surface area contributed by atoms with Crippen molar-refractivity contribution >= 4 is 46.7 Å². The van der Waals surface area contributed by atoms with E-state index in [1.165, 1.54) is 23.9 Å². The van der Waals surface area contributed by atoms with Crippen LogP contribution in [0.15, 0.2) is 52.4 Å². The molecule has 1 amide bonds. The molecule has 0 radical (unpaired) electrons. The van der Waals surface area contributed by atoms with Gasteiger partial charge in [0.1, 0.15) is 11.6 Å². The Kier molecular flexibility index (Phi) is 5.86. The zero-order valence-corrected chi connectivity index (χ0v) is 18.1. The van der Waals surface area contributed by atoms with Gasteiger partial charge in [0.2, 0.25) is 5.91 Å². The molecule has 3 aromatic rings. The van der Waals surface area contributed by atoms with Crippen LogP contribution in [-0.2, 0) is 17.6 Å². The van der Waals surface area contributed by atoms with Gasteiger partial charge in [0.15, 0.2) is 5.16 Å². The lowest BCUT2D eigenvalue weighted by Gasteiger charge is -2.28. The van der Waals surface area contributed by atoms with E-state index in [1.807, 2.05) is 0 Å². The molecule has 1 unspecified atom stereocenters. The highest BCUT2D eigenvalue weighted by atomic mass is 35.5. The number of thioether (sulfide) groups is 1. The van der Waals surface area contributed by atoms with Crippen molar-refractivity contribution < 1.29 is 9.18 Å². The monoisotopic (exact) mass is 463 g/mol. The van der Waals surface area contributed by atoms with Gasteiger partial charge < -0.3 is 9.88 Å². The number of benzene rings is 2. The van der Waals surface area contributed by atoms with E-state index in [4.69, 9.17) is 23.2 Å². The fraction of sp³-hybridized carbons (Fsp3) is 0.190. The van der Waals surface area contributed by atoms with Gasteiger partial charge in [-0.1, -0.05) is 53.2 Å². The Morgan fingerprint density at radius 1 is 1.20 bits per heavy atom. The van der Waals surface area contributed by atoms with Crippen LogP contribution in [0.3, 0.4) is 0 Å². The van der Waals surface area contributed by atoms with Crippen molar-refractivity contribution in [3.63, 3.8) is 0 Å². The molecule has 0 saturated carbocycles. The van der Waals surface area contributed by atoms with Gasteiger partial charge >= 0.3 is 0 Å². The molecular weight excluding hydrogens is 448 g/mol. The molecule has 1 aromatic heterocycles. The molecule has 1 aliphatic rings. The van der Waals surface area contributed by atoms with Crippen LogP contribution in [0.5, 0.6) is 0 Å². The Bertz CT molecular complexity index is 1200. The number of amides is 1. The number of anilines is 1. The summed E-state index contributed by atoms with van der Waals surface area (Å²) in [4.78, 5) is 29.6. The molecule has 9 heteroatoms. The standard InChI is InChI=1S/C21H16Cl2FN3O2S/c1-27-19-18(15(9-17(28)25-19)14-7-4-12(22)8-16(14)23)20(29)26-21(27)30-10-11-2-5-13(24)6-3-11/h2-8,15H,9-10H2,1H3,(H,25,28). The van der Waals surface area contributed by atoms with E-state index < -0.39 is 11.5 Å². The van der Waals surface area contributed by atoms with Crippen LogP contribution in [0.2, 0.25) is 10.0 Å². The highest BCUT2D eigenvalue weighted by Crippen LogP contribution is 2.39. The summed E-state index contributed by atoms with van der Waals surface area (Å²) in [6.45, 7) is 0. The third-order valence-electron chi connectivity index (χ3n) is 4.92. The summed E-state index contributed by atoms with van der Waals surface area (Å²) in [6, 6.07) is 11.1. The summed E-state index contributed by atoms with van der Waals surface area (Å²) in [6.07, 6.45) is 0.0906. The molecule has 0 bridgehead atoms. The Morgan fingerprint density at radius 2 is 1.93 bits per heavy atom. The normalized spacial score (nSPS) is 15.6. The van der Waals surface area contributed by atoms with E-state index in [2.05, 4.69) is 10.3 Å². The highest BCUT2D eigenvalue weighted by Gasteiger charge is 2.33. The summed E-state index contributed by atoms with van der Waals surface area (Å²) in [5, 5.41) is 4.12. The Balaban J connectivity index is 1.72. The Hall–Kier alpha value is -2.35. The largest absolute Gasteiger partial charge is 0.312 e. The molecule has 4 rings (SSSR count). The Labute approximate surface area is 186 Å². The molecule has 2 aromatic carbocycles. The van der Waals surface area contributed by atoms with Crippen molar-refractivity contribution in [1.29, 1.82) is 0 Å². The molecule has 0 fully saturated rings. The average Bonchev–Trinajstić information content (AvgIpc) is 2.70. The van der Waals surface area contributed by atoms with Gasteiger partial charge in [0.25, 0.3) is 5.56 Å². The molecule has 1 atom stereocenters. The maximum atomic E-state index is 13.1. The number of fused-ring (bicyclic) bond motifs is 1. The van der Waals surface area contributed by atoms with E-state index in [1.54, 1.807) is 41.9 Å². The minimum Gasteiger partial charge on any atom is -0.312 e. The first-order valence-corrected chi connectivity index (χ1v) is 10.8. The van der Waals surface area contributed by atoms with Crippen LogP contribution in [0.1, 0.15) is 29.0 Å². The number of nitrogens with zero attached hydrogens (tertiary/aromatic N) is 2. The van der Waals surface area contributed by atoms with Crippen molar-refractivity contribution in [2.24, 2.45) is 7.05 Å². The van der Waals surface area contributed by atoms with Crippen molar-refractivity contribution in [3.8, 4) is 0 Å². The molecule has 0 aliphatic carbocycles. The second kappa shape index (κ2) is 8.41. The zero-order chi connectivity index (χ0) is 21.4. The van der Waals surface area contributed by atoms with E-state index in [0.29, 0.717) is 37.9 Å². The van der Waals surface area contributed by atoms with E-state index in [-0.39, 0.29) is 18.1 Å². The lowest BCUT2D eigenvalue weighted by atomic mass is 9.86. The number of carbonyl (C=O) groups excluding carboxylic acids is 1. The molecule has 0 spiro atoms. The zero-order valence-electron chi connectivity index (χ0n) is 15.8. The molecule has 2 heterocycles. The predicted molar refractivity (Wildman–Crippen MR) is 117 cm³/mol. The quantitative estimate of drug-likeness (QED) is 0.437. The fourth-order valence-electron chi connectivity index (χ4n) is 3.44. The third-order valence-corrected chi connectivity index (χ3v) is 6.58.